The van der Waals surface area contributed by atoms with Crippen molar-refractivity contribution in [2.75, 3.05) is 20.2 Å². The van der Waals surface area contributed by atoms with Crippen molar-refractivity contribution in [1.29, 1.82) is 0 Å². The second-order valence-electron chi connectivity index (χ2n) is 6.05. The Morgan fingerprint density at radius 2 is 1.92 bits per heavy atom. The van der Waals surface area contributed by atoms with Gasteiger partial charge in [0.05, 0.1) is 7.11 Å². The molecule has 1 heterocycles. The molecule has 7 heteroatoms. The summed E-state index contributed by atoms with van der Waals surface area (Å²) in [5.74, 6) is -0.0426. The van der Waals surface area contributed by atoms with Crippen LogP contribution in [0, 0.1) is 5.92 Å². The van der Waals surface area contributed by atoms with Gasteiger partial charge in [0.1, 0.15) is 5.75 Å². The van der Waals surface area contributed by atoms with E-state index in [-0.39, 0.29) is 11.7 Å². The highest BCUT2D eigenvalue weighted by atomic mass is 19.4. The summed E-state index contributed by atoms with van der Waals surface area (Å²) in [5, 5.41) is 0. The first-order chi connectivity index (χ1) is 11.4. The summed E-state index contributed by atoms with van der Waals surface area (Å²) in [6.07, 6.45) is -1.31. The van der Waals surface area contributed by atoms with E-state index in [1.54, 1.807) is 12.1 Å². The Morgan fingerprint density at radius 1 is 1.21 bits per heavy atom. The van der Waals surface area contributed by atoms with Gasteiger partial charge in [0.15, 0.2) is 0 Å². The minimum absolute atomic E-state index is 0.172. The molecule has 0 N–H and O–H groups in total. The van der Waals surface area contributed by atoms with Crippen molar-refractivity contribution < 1.29 is 27.4 Å². The summed E-state index contributed by atoms with van der Waals surface area (Å²) in [5.41, 5.74) is 0.941. The topological polar surface area (TPSA) is 38.8 Å². The fourth-order valence-electron chi connectivity index (χ4n) is 2.96. The Bertz CT molecular complexity index is 531. The third-order valence-corrected chi connectivity index (χ3v) is 4.19. The number of ether oxygens (including phenoxy) is 2. The Balaban J connectivity index is 1.84. The van der Waals surface area contributed by atoms with Crippen molar-refractivity contribution in [1.82, 2.24) is 4.90 Å². The van der Waals surface area contributed by atoms with Crippen molar-refractivity contribution in [3.05, 3.63) is 29.8 Å². The van der Waals surface area contributed by atoms with Gasteiger partial charge in [-0.1, -0.05) is 12.1 Å². The summed E-state index contributed by atoms with van der Waals surface area (Å²) in [6.45, 7) is 2.46. The maximum Gasteiger partial charge on any atom is 0.573 e. The van der Waals surface area contributed by atoms with E-state index in [9.17, 15) is 18.0 Å². The second kappa shape index (κ2) is 8.37. The van der Waals surface area contributed by atoms with Crippen LogP contribution in [0.15, 0.2) is 24.3 Å². The van der Waals surface area contributed by atoms with Gasteiger partial charge >= 0.3 is 12.3 Å². The first-order valence-electron chi connectivity index (χ1n) is 7.99. The Labute approximate surface area is 139 Å². The monoisotopic (exact) mass is 345 g/mol. The highest BCUT2D eigenvalue weighted by molar-refractivity contribution is 5.69. The molecule has 4 nitrogen and oxygen atoms in total. The number of alkyl halides is 3. The van der Waals surface area contributed by atoms with E-state index in [2.05, 4.69) is 9.64 Å². The first-order valence-corrected chi connectivity index (χ1v) is 7.99. The summed E-state index contributed by atoms with van der Waals surface area (Å²) < 4.78 is 45.0. The average molecular weight is 345 g/mol. The number of carbonyl (C=O) groups is 1. The van der Waals surface area contributed by atoms with Gasteiger partial charge in [-0.2, -0.15) is 0 Å². The standard InChI is InChI=1S/C17H22F3NO3/c1-23-16(22)11-13-3-2-9-21(10-8-13)12-14-4-6-15(7-5-14)24-17(18,19)20/h4-7,13H,2-3,8-12H2,1H3. The number of methoxy groups -OCH3 is 1. The number of carbonyl (C=O) groups excluding carboxylic acids is 1. The minimum atomic E-state index is -4.67. The van der Waals surface area contributed by atoms with Crippen LogP contribution in [0.5, 0.6) is 5.75 Å². The molecular weight excluding hydrogens is 323 g/mol. The first kappa shape index (κ1) is 18.6. The van der Waals surface area contributed by atoms with Crippen LogP contribution in [0.1, 0.15) is 31.2 Å². The third kappa shape index (κ3) is 6.39. The Kier molecular flexibility index (Phi) is 6.48. The fourth-order valence-corrected chi connectivity index (χ4v) is 2.96. The van der Waals surface area contributed by atoms with Crippen LogP contribution in [0.2, 0.25) is 0 Å². The zero-order valence-corrected chi connectivity index (χ0v) is 13.6. The van der Waals surface area contributed by atoms with Crippen LogP contribution in [0.4, 0.5) is 13.2 Å². The number of likely N-dealkylation sites (tertiary alicyclic amines) is 1. The summed E-state index contributed by atoms with van der Waals surface area (Å²) in [6, 6.07) is 5.97. The van der Waals surface area contributed by atoms with E-state index in [1.807, 2.05) is 0 Å². The molecule has 1 aliphatic heterocycles. The van der Waals surface area contributed by atoms with Gasteiger partial charge < -0.3 is 9.47 Å². The van der Waals surface area contributed by atoms with E-state index >= 15 is 0 Å². The lowest BCUT2D eigenvalue weighted by Crippen LogP contribution is -2.24. The highest BCUT2D eigenvalue weighted by Crippen LogP contribution is 2.25. The molecule has 0 spiro atoms. The lowest BCUT2D eigenvalue weighted by molar-refractivity contribution is -0.274. The average Bonchev–Trinajstić information content (AvgIpc) is 2.73. The number of hydrogen-bond donors (Lipinski definition) is 0. The van der Waals surface area contributed by atoms with E-state index in [1.165, 1.54) is 19.2 Å². The molecule has 24 heavy (non-hydrogen) atoms. The lowest BCUT2D eigenvalue weighted by atomic mass is 9.97. The van der Waals surface area contributed by atoms with Crippen molar-refractivity contribution in [2.24, 2.45) is 5.92 Å². The molecule has 1 atom stereocenters. The molecule has 1 aromatic rings. The van der Waals surface area contributed by atoms with Gasteiger partial charge in [0.2, 0.25) is 0 Å². The van der Waals surface area contributed by atoms with Crippen molar-refractivity contribution in [3.63, 3.8) is 0 Å². The molecule has 1 unspecified atom stereocenters. The molecular formula is C17H22F3NO3. The van der Waals surface area contributed by atoms with Crippen LogP contribution in [-0.4, -0.2) is 37.4 Å². The molecule has 0 radical (unpaired) electrons. The van der Waals surface area contributed by atoms with Gasteiger partial charge in [-0.25, -0.2) is 0 Å². The van der Waals surface area contributed by atoms with E-state index in [0.717, 1.165) is 37.9 Å². The second-order valence-corrected chi connectivity index (χ2v) is 6.05. The molecule has 0 bridgehead atoms. The SMILES string of the molecule is COC(=O)CC1CCCN(Cc2ccc(OC(F)(F)F)cc2)CC1. The molecule has 1 saturated heterocycles. The molecule has 134 valence electrons. The van der Waals surface area contributed by atoms with Crippen LogP contribution in [-0.2, 0) is 16.1 Å². The highest BCUT2D eigenvalue weighted by Gasteiger charge is 2.31. The van der Waals surface area contributed by atoms with Gasteiger partial charge in [0, 0.05) is 13.0 Å². The van der Waals surface area contributed by atoms with Crippen LogP contribution >= 0.6 is 0 Å². The van der Waals surface area contributed by atoms with Crippen LogP contribution in [0.3, 0.4) is 0 Å². The zero-order valence-electron chi connectivity index (χ0n) is 13.6. The maximum atomic E-state index is 12.1. The summed E-state index contributed by atoms with van der Waals surface area (Å²) in [4.78, 5) is 13.6. The molecule has 0 aromatic heterocycles. The number of esters is 1. The minimum Gasteiger partial charge on any atom is -0.469 e. The predicted molar refractivity (Wildman–Crippen MR) is 82.4 cm³/mol. The molecule has 0 aliphatic carbocycles. The molecule has 1 fully saturated rings. The van der Waals surface area contributed by atoms with Crippen molar-refractivity contribution in [3.8, 4) is 5.75 Å². The number of benzene rings is 1. The molecule has 0 saturated carbocycles. The van der Waals surface area contributed by atoms with Gasteiger partial charge in [-0.15, -0.1) is 13.2 Å². The Hall–Kier alpha value is -1.76. The predicted octanol–water partition coefficient (Wildman–Crippen LogP) is 3.75. The molecule has 2 rings (SSSR count). The van der Waals surface area contributed by atoms with Crippen molar-refractivity contribution in [2.45, 2.75) is 38.6 Å². The van der Waals surface area contributed by atoms with Crippen LogP contribution in [0.25, 0.3) is 0 Å². The van der Waals surface area contributed by atoms with E-state index in [0.29, 0.717) is 18.9 Å². The fraction of sp³-hybridized carbons (Fsp3) is 0.588. The smallest absolute Gasteiger partial charge is 0.469 e. The lowest BCUT2D eigenvalue weighted by Gasteiger charge is -2.20. The largest absolute Gasteiger partial charge is 0.573 e. The van der Waals surface area contributed by atoms with Crippen LogP contribution < -0.4 is 4.74 Å². The van der Waals surface area contributed by atoms with Crippen molar-refractivity contribution >= 4 is 5.97 Å². The van der Waals surface area contributed by atoms with Gasteiger partial charge in [-0.3, -0.25) is 9.69 Å². The Morgan fingerprint density at radius 3 is 2.54 bits per heavy atom. The van der Waals surface area contributed by atoms with E-state index < -0.39 is 6.36 Å². The maximum absolute atomic E-state index is 12.1. The third-order valence-electron chi connectivity index (χ3n) is 4.19. The molecule has 1 aromatic carbocycles. The van der Waals surface area contributed by atoms with E-state index in [4.69, 9.17) is 4.74 Å². The number of rotatable bonds is 5. The molecule has 1 aliphatic rings. The summed E-state index contributed by atoms with van der Waals surface area (Å²) in [7, 11) is 1.40. The van der Waals surface area contributed by atoms with Gasteiger partial charge in [-0.05, 0) is 56.0 Å². The normalized spacial score (nSPS) is 19.6. The zero-order chi connectivity index (χ0) is 17.6. The number of hydrogen-bond acceptors (Lipinski definition) is 4. The summed E-state index contributed by atoms with van der Waals surface area (Å²) >= 11 is 0. The quantitative estimate of drug-likeness (QED) is 0.762. The number of nitrogens with zero attached hydrogens (tertiary/aromatic N) is 1. The molecule has 0 amide bonds. The van der Waals surface area contributed by atoms with Gasteiger partial charge in [0.25, 0.3) is 0 Å². The number of halogens is 3.